The number of aliphatic carboxylic acids is 1. The van der Waals surface area contributed by atoms with E-state index in [0.29, 0.717) is 6.42 Å². The van der Waals surface area contributed by atoms with Crippen molar-refractivity contribution in [1.82, 2.24) is 0 Å². The van der Waals surface area contributed by atoms with E-state index in [-0.39, 0.29) is 23.3 Å². The highest BCUT2D eigenvalue weighted by molar-refractivity contribution is 8.03. The zero-order valence-corrected chi connectivity index (χ0v) is 9.14. The molecule has 0 aromatic carbocycles. The van der Waals surface area contributed by atoms with Crippen molar-refractivity contribution in [3.63, 3.8) is 0 Å². The van der Waals surface area contributed by atoms with Gasteiger partial charge in [0, 0.05) is 11.5 Å². The average Bonchev–Trinajstić information content (AvgIpc) is 2.01. The average molecular weight is 248 g/mol. The molecule has 1 atom stereocenters. The van der Waals surface area contributed by atoms with Crippen LogP contribution >= 0.6 is 23.5 Å². The maximum absolute atomic E-state index is 11.7. The second-order valence-corrected chi connectivity index (χ2v) is 4.87. The Morgan fingerprint density at radius 3 is 2.36 bits per heavy atom. The minimum absolute atomic E-state index is 0.0993. The van der Waals surface area contributed by atoms with Crippen LogP contribution in [0.15, 0.2) is 0 Å². The minimum atomic E-state index is -4.22. The van der Waals surface area contributed by atoms with Crippen molar-refractivity contribution in [2.75, 3.05) is 11.5 Å². The van der Waals surface area contributed by atoms with Crippen molar-refractivity contribution < 1.29 is 23.1 Å². The van der Waals surface area contributed by atoms with Crippen molar-refractivity contribution in [2.24, 2.45) is 0 Å². The first-order valence-corrected chi connectivity index (χ1v) is 5.95. The summed E-state index contributed by atoms with van der Waals surface area (Å²) in [7, 11) is 0. The van der Waals surface area contributed by atoms with Gasteiger partial charge in [-0.1, -0.05) is 18.7 Å². The maximum Gasteiger partial charge on any atom is 0.441 e. The standard InChI is InChI=1S/C7H11F3O2S2/c1-2-5(6(11)12)13-3-4-14-7(8,9)10/h5H,2-4H2,1H3,(H,11,12). The lowest BCUT2D eigenvalue weighted by Gasteiger charge is -2.09. The summed E-state index contributed by atoms with van der Waals surface area (Å²) in [5, 5.41) is 7.99. The molecule has 0 bridgehead atoms. The highest BCUT2D eigenvalue weighted by Gasteiger charge is 2.27. The van der Waals surface area contributed by atoms with Crippen LogP contribution < -0.4 is 0 Å². The van der Waals surface area contributed by atoms with Crippen LogP contribution in [0, 0.1) is 0 Å². The molecule has 7 heteroatoms. The minimum Gasteiger partial charge on any atom is -0.480 e. The summed E-state index contributed by atoms with van der Waals surface area (Å²) in [6.07, 6.45) is 0.427. The molecular formula is C7H11F3O2S2. The summed E-state index contributed by atoms with van der Waals surface area (Å²) >= 11 is 0.934. The van der Waals surface area contributed by atoms with Gasteiger partial charge in [-0.15, -0.1) is 11.8 Å². The Hall–Kier alpha value is -0.0400. The normalized spacial score (nSPS) is 14.0. The largest absolute Gasteiger partial charge is 0.480 e. The Bertz CT molecular complexity index is 184. The fourth-order valence-corrected chi connectivity index (χ4v) is 2.32. The van der Waals surface area contributed by atoms with E-state index in [0.717, 1.165) is 11.8 Å². The lowest BCUT2D eigenvalue weighted by Crippen LogP contribution is -2.16. The van der Waals surface area contributed by atoms with Crippen molar-refractivity contribution in [3.05, 3.63) is 0 Å². The molecule has 1 N–H and O–H groups in total. The van der Waals surface area contributed by atoms with Gasteiger partial charge in [-0.25, -0.2) is 0 Å². The van der Waals surface area contributed by atoms with Crippen LogP contribution in [0.25, 0.3) is 0 Å². The third kappa shape index (κ3) is 7.37. The Morgan fingerprint density at radius 2 is 2.00 bits per heavy atom. The van der Waals surface area contributed by atoms with Gasteiger partial charge in [-0.05, 0) is 6.42 Å². The van der Waals surface area contributed by atoms with Gasteiger partial charge in [-0.3, -0.25) is 4.79 Å². The molecule has 0 radical (unpaired) electrons. The van der Waals surface area contributed by atoms with E-state index >= 15 is 0 Å². The first kappa shape index (κ1) is 14.0. The number of hydrogen-bond donors (Lipinski definition) is 1. The first-order chi connectivity index (χ1) is 6.37. The molecule has 0 aliphatic carbocycles. The van der Waals surface area contributed by atoms with Crippen molar-refractivity contribution in [3.8, 4) is 0 Å². The molecule has 1 unspecified atom stereocenters. The van der Waals surface area contributed by atoms with E-state index in [1.54, 1.807) is 6.92 Å². The van der Waals surface area contributed by atoms with Crippen LogP contribution in [-0.2, 0) is 4.79 Å². The van der Waals surface area contributed by atoms with Gasteiger partial charge in [0.25, 0.3) is 0 Å². The summed E-state index contributed by atoms with van der Waals surface area (Å²) in [6.45, 7) is 1.70. The lowest BCUT2D eigenvalue weighted by atomic mass is 10.3. The number of rotatable bonds is 6. The molecule has 84 valence electrons. The maximum atomic E-state index is 11.7. The third-order valence-electron chi connectivity index (χ3n) is 1.31. The van der Waals surface area contributed by atoms with Crippen LogP contribution in [0.2, 0.25) is 0 Å². The smallest absolute Gasteiger partial charge is 0.441 e. The number of thioether (sulfide) groups is 2. The molecule has 0 saturated carbocycles. The fraction of sp³-hybridized carbons (Fsp3) is 0.857. The molecule has 0 amide bonds. The Labute approximate surface area is 88.6 Å². The summed E-state index contributed by atoms with van der Waals surface area (Å²) in [4.78, 5) is 10.5. The van der Waals surface area contributed by atoms with Crippen LogP contribution in [0.1, 0.15) is 13.3 Å². The highest BCUT2D eigenvalue weighted by atomic mass is 32.2. The predicted molar refractivity (Wildman–Crippen MR) is 52.7 cm³/mol. The van der Waals surface area contributed by atoms with Crippen LogP contribution in [-0.4, -0.2) is 33.3 Å². The molecule has 0 rings (SSSR count). The number of carboxylic acid groups (broad SMARTS) is 1. The van der Waals surface area contributed by atoms with E-state index in [9.17, 15) is 18.0 Å². The summed E-state index contributed by atoms with van der Waals surface area (Å²) in [5.41, 5.74) is -4.22. The van der Waals surface area contributed by atoms with Crippen LogP contribution in [0.5, 0.6) is 0 Å². The number of halogens is 3. The Kier molecular flexibility index (Phi) is 6.43. The lowest BCUT2D eigenvalue weighted by molar-refractivity contribution is -0.136. The van der Waals surface area contributed by atoms with Gasteiger partial charge in [0.1, 0.15) is 5.25 Å². The molecule has 0 saturated heterocycles. The van der Waals surface area contributed by atoms with E-state index in [1.807, 2.05) is 0 Å². The van der Waals surface area contributed by atoms with Crippen LogP contribution in [0.4, 0.5) is 13.2 Å². The number of alkyl halides is 3. The Morgan fingerprint density at radius 1 is 1.43 bits per heavy atom. The van der Waals surface area contributed by atoms with Crippen LogP contribution in [0.3, 0.4) is 0 Å². The second-order valence-electron chi connectivity index (χ2n) is 2.40. The van der Waals surface area contributed by atoms with Gasteiger partial charge in [0.15, 0.2) is 0 Å². The van der Waals surface area contributed by atoms with Gasteiger partial charge in [0.2, 0.25) is 0 Å². The van der Waals surface area contributed by atoms with E-state index in [4.69, 9.17) is 5.11 Å². The topological polar surface area (TPSA) is 37.3 Å². The third-order valence-corrected chi connectivity index (χ3v) is 3.69. The van der Waals surface area contributed by atoms with Crippen molar-refractivity contribution >= 4 is 29.5 Å². The quantitative estimate of drug-likeness (QED) is 0.733. The number of carboxylic acids is 1. The molecule has 0 aromatic rings. The first-order valence-electron chi connectivity index (χ1n) is 3.92. The second kappa shape index (κ2) is 6.44. The molecular weight excluding hydrogens is 237 g/mol. The molecule has 0 aromatic heterocycles. The zero-order valence-electron chi connectivity index (χ0n) is 7.50. The summed E-state index contributed by atoms with van der Waals surface area (Å²) in [6, 6.07) is 0. The van der Waals surface area contributed by atoms with Gasteiger partial charge >= 0.3 is 11.5 Å². The molecule has 0 fully saturated rings. The molecule has 2 nitrogen and oxygen atoms in total. The number of hydrogen-bond acceptors (Lipinski definition) is 3. The summed E-state index contributed by atoms with van der Waals surface area (Å²) in [5.74, 6) is -0.859. The predicted octanol–water partition coefficient (Wildman–Crippen LogP) is 2.84. The monoisotopic (exact) mass is 248 g/mol. The van der Waals surface area contributed by atoms with E-state index in [1.165, 1.54) is 0 Å². The molecule has 0 aliphatic heterocycles. The summed E-state index contributed by atoms with van der Waals surface area (Å²) < 4.78 is 35.0. The van der Waals surface area contributed by atoms with Gasteiger partial charge < -0.3 is 5.11 Å². The highest BCUT2D eigenvalue weighted by Crippen LogP contribution is 2.31. The van der Waals surface area contributed by atoms with Crippen molar-refractivity contribution in [1.29, 1.82) is 0 Å². The van der Waals surface area contributed by atoms with E-state index in [2.05, 4.69) is 0 Å². The fourth-order valence-electron chi connectivity index (χ4n) is 0.712. The zero-order chi connectivity index (χ0) is 11.2. The molecule has 0 aliphatic rings. The molecule has 14 heavy (non-hydrogen) atoms. The SMILES string of the molecule is CCC(SCCSC(F)(F)F)C(=O)O. The van der Waals surface area contributed by atoms with Gasteiger partial charge in [0.05, 0.1) is 0 Å². The Balaban J connectivity index is 3.58. The van der Waals surface area contributed by atoms with Crippen molar-refractivity contribution in [2.45, 2.75) is 24.1 Å². The number of carbonyl (C=O) groups is 1. The van der Waals surface area contributed by atoms with E-state index < -0.39 is 16.7 Å². The molecule has 0 heterocycles. The van der Waals surface area contributed by atoms with Gasteiger partial charge in [-0.2, -0.15) is 13.2 Å². The molecule has 0 spiro atoms.